The lowest BCUT2D eigenvalue weighted by Crippen LogP contribution is -2.30. The number of amides is 1. The molecule has 1 amide bonds. The first-order valence-corrected chi connectivity index (χ1v) is 14.1. The summed E-state index contributed by atoms with van der Waals surface area (Å²) in [6.45, 7) is 10.1. The number of carbonyl (C=O) groups excluding carboxylic acids is 2. The van der Waals surface area contributed by atoms with Crippen LogP contribution in [0.3, 0.4) is 0 Å². The molecule has 39 heavy (non-hydrogen) atoms. The molecule has 6 nitrogen and oxygen atoms in total. The third kappa shape index (κ3) is 8.62. The molecular weight excluding hydrogens is 512 g/mol. The van der Waals surface area contributed by atoms with E-state index in [1.165, 1.54) is 12.7 Å². The van der Waals surface area contributed by atoms with E-state index in [9.17, 15) is 9.59 Å². The first kappa shape index (κ1) is 30.3. The van der Waals surface area contributed by atoms with Gasteiger partial charge < -0.3 is 19.3 Å². The summed E-state index contributed by atoms with van der Waals surface area (Å²) in [6.07, 6.45) is 9.64. The van der Waals surface area contributed by atoms with E-state index in [0.29, 0.717) is 13.2 Å². The monoisotopic (exact) mass is 552 g/mol. The molecule has 0 N–H and O–H groups in total. The van der Waals surface area contributed by atoms with Crippen molar-refractivity contribution in [3.05, 3.63) is 83.4 Å². The summed E-state index contributed by atoms with van der Waals surface area (Å²) in [4.78, 5) is 29.7. The lowest BCUT2D eigenvalue weighted by Gasteiger charge is -2.28. The lowest BCUT2D eigenvalue weighted by molar-refractivity contribution is -0.145. The lowest BCUT2D eigenvalue weighted by atomic mass is 9.94. The van der Waals surface area contributed by atoms with Crippen LogP contribution in [0.25, 0.3) is 0 Å². The highest BCUT2D eigenvalue weighted by molar-refractivity contribution is 6.30. The van der Waals surface area contributed by atoms with Crippen LogP contribution in [0.1, 0.15) is 61.1 Å². The maximum absolute atomic E-state index is 12.9. The van der Waals surface area contributed by atoms with Crippen molar-refractivity contribution >= 4 is 29.2 Å². The Morgan fingerprint density at radius 3 is 2.69 bits per heavy atom. The number of anilines is 1. The molecule has 0 saturated heterocycles. The van der Waals surface area contributed by atoms with E-state index in [4.69, 9.17) is 21.1 Å². The number of halogens is 1. The number of nitrogens with zero attached hydrogens (tertiary/aromatic N) is 2. The second-order valence-electron chi connectivity index (χ2n) is 10.0. The van der Waals surface area contributed by atoms with Gasteiger partial charge in [-0.3, -0.25) is 9.59 Å². The second kappa shape index (κ2) is 15.4. The van der Waals surface area contributed by atoms with Crippen LogP contribution in [0.4, 0.5) is 5.69 Å². The molecule has 0 saturated carbocycles. The zero-order valence-electron chi connectivity index (χ0n) is 23.3. The highest BCUT2D eigenvalue weighted by atomic mass is 35.5. The molecule has 3 rings (SSSR count). The molecule has 0 radical (unpaired) electrons. The SMILES string of the molecule is C=CCCCCN1CCCCc2cc(Cl)ccc2COc2ccc(C(CC(=O)N(C)CC=C)C(=O)OC)cc21. The van der Waals surface area contributed by atoms with Crippen LogP contribution in [0.15, 0.2) is 61.7 Å². The number of methoxy groups -OCH3 is 1. The van der Waals surface area contributed by atoms with Crippen LogP contribution in [-0.4, -0.2) is 50.6 Å². The molecule has 210 valence electrons. The highest BCUT2D eigenvalue weighted by Gasteiger charge is 2.28. The molecule has 0 fully saturated rings. The van der Waals surface area contributed by atoms with Crippen molar-refractivity contribution < 1.29 is 19.1 Å². The Bertz CT molecular complexity index is 1150. The molecule has 2 aromatic rings. The van der Waals surface area contributed by atoms with Crippen molar-refractivity contribution in [1.82, 2.24) is 4.90 Å². The summed E-state index contributed by atoms with van der Waals surface area (Å²) in [5.74, 6) is -0.543. The highest BCUT2D eigenvalue weighted by Crippen LogP contribution is 2.36. The van der Waals surface area contributed by atoms with Crippen LogP contribution < -0.4 is 9.64 Å². The van der Waals surface area contributed by atoms with Gasteiger partial charge in [-0.2, -0.15) is 0 Å². The van der Waals surface area contributed by atoms with E-state index >= 15 is 0 Å². The Morgan fingerprint density at radius 1 is 1.13 bits per heavy atom. The number of aryl methyl sites for hydroxylation is 1. The summed E-state index contributed by atoms with van der Waals surface area (Å²) in [5.41, 5.74) is 4.01. The Kier molecular flexibility index (Phi) is 11.9. The maximum atomic E-state index is 12.9. The minimum atomic E-state index is -0.719. The molecule has 0 aliphatic carbocycles. The molecule has 1 heterocycles. The number of rotatable bonds is 11. The molecule has 7 heteroatoms. The predicted octanol–water partition coefficient (Wildman–Crippen LogP) is 6.71. The number of carbonyl (C=O) groups is 2. The van der Waals surface area contributed by atoms with Gasteiger partial charge in [0.15, 0.2) is 0 Å². The number of ether oxygens (including phenoxy) is 2. The van der Waals surface area contributed by atoms with Crippen molar-refractivity contribution in [2.75, 3.05) is 38.7 Å². The molecule has 1 aliphatic heterocycles. The first-order valence-electron chi connectivity index (χ1n) is 13.7. The fourth-order valence-corrected chi connectivity index (χ4v) is 5.11. The van der Waals surface area contributed by atoms with Crippen LogP contribution in [0, 0.1) is 0 Å². The number of hydrogen-bond acceptors (Lipinski definition) is 5. The smallest absolute Gasteiger partial charge is 0.313 e. The van der Waals surface area contributed by atoms with Gasteiger partial charge in [0.2, 0.25) is 5.91 Å². The largest absolute Gasteiger partial charge is 0.487 e. The fraction of sp³-hybridized carbons (Fsp3) is 0.438. The van der Waals surface area contributed by atoms with Crippen molar-refractivity contribution in [2.45, 2.75) is 57.5 Å². The minimum absolute atomic E-state index is 0.0180. The quantitative estimate of drug-likeness (QED) is 0.176. The van der Waals surface area contributed by atoms with Gasteiger partial charge in [-0.05, 0) is 79.5 Å². The van der Waals surface area contributed by atoms with Crippen molar-refractivity contribution in [2.24, 2.45) is 0 Å². The second-order valence-corrected chi connectivity index (χ2v) is 10.4. The minimum Gasteiger partial charge on any atom is -0.487 e. The fourth-order valence-electron chi connectivity index (χ4n) is 4.91. The van der Waals surface area contributed by atoms with Crippen LogP contribution in [-0.2, 0) is 27.4 Å². The molecule has 1 unspecified atom stereocenters. The molecule has 2 aromatic carbocycles. The van der Waals surface area contributed by atoms with Gasteiger partial charge in [0, 0.05) is 38.1 Å². The third-order valence-corrected chi connectivity index (χ3v) is 7.42. The molecule has 1 atom stereocenters. The van der Waals surface area contributed by atoms with E-state index in [2.05, 4.69) is 18.1 Å². The number of unbranched alkanes of at least 4 members (excludes halogenated alkanes) is 2. The molecule has 0 bridgehead atoms. The normalized spacial score (nSPS) is 14.1. The summed E-state index contributed by atoms with van der Waals surface area (Å²) in [5, 5.41) is 0.736. The average molecular weight is 553 g/mol. The predicted molar refractivity (Wildman–Crippen MR) is 159 cm³/mol. The van der Waals surface area contributed by atoms with E-state index in [-0.39, 0.29) is 12.3 Å². The van der Waals surface area contributed by atoms with Gasteiger partial charge in [0.25, 0.3) is 0 Å². The Hall–Kier alpha value is -3.25. The number of fused-ring (bicyclic) bond motifs is 2. The Balaban J connectivity index is 1.99. The Labute approximate surface area is 238 Å². The standard InChI is InChI=1S/C32H41ClN2O4/c1-5-7-8-10-18-35-19-11-9-12-24-20-27(33)15-13-26(24)23-39-30-16-14-25(21-29(30)35)28(32(37)38-4)22-31(36)34(3)17-6-2/h5-6,13-16,20-21,28H,1-2,7-12,17-19,22-23H2,3-4H3. The number of allylic oxidation sites excluding steroid dienone is 1. The zero-order valence-corrected chi connectivity index (χ0v) is 24.0. The summed E-state index contributed by atoms with van der Waals surface area (Å²) in [7, 11) is 3.06. The van der Waals surface area contributed by atoms with Crippen LogP contribution in [0.2, 0.25) is 5.02 Å². The maximum Gasteiger partial charge on any atom is 0.313 e. The van der Waals surface area contributed by atoms with Crippen molar-refractivity contribution in [1.29, 1.82) is 0 Å². The summed E-state index contributed by atoms with van der Waals surface area (Å²) >= 11 is 6.29. The van der Waals surface area contributed by atoms with Gasteiger partial charge >= 0.3 is 5.97 Å². The molecular formula is C32H41ClN2O4. The Morgan fingerprint density at radius 2 is 1.95 bits per heavy atom. The topological polar surface area (TPSA) is 59.1 Å². The van der Waals surface area contributed by atoms with E-state index in [0.717, 1.165) is 79.2 Å². The molecule has 0 aromatic heterocycles. The van der Waals surface area contributed by atoms with Gasteiger partial charge in [-0.25, -0.2) is 0 Å². The van der Waals surface area contributed by atoms with Crippen molar-refractivity contribution in [3.63, 3.8) is 0 Å². The van der Waals surface area contributed by atoms with Gasteiger partial charge in [-0.15, -0.1) is 13.2 Å². The number of likely N-dealkylation sites (N-methyl/N-ethyl adjacent to an activating group) is 1. The average Bonchev–Trinajstić information content (AvgIpc) is 2.97. The van der Waals surface area contributed by atoms with E-state index < -0.39 is 11.9 Å². The molecule has 1 aliphatic rings. The number of esters is 1. The van der Waals surface area contributed by atoms with E-state index in [1.807, 2.05) is 42.5 Å². The van der Waals surface area contributed by atoms with Gasteiger partial charge in [-0.1, -0.05) is 35.9 Å². The number of benzene rings is 2. The van der Waals surface area contributed by atoms with Crippen molar-refractivity contribution in [3.8, 4) is 5.75 Å². The summed E-state index contributed by atoms with van der Waals surface area (Å²) < 4.78 is 11.5. The van der Waals surface area contributed by atoms with Crippen LogP contribution in [0.5, 0.6) is 5.75 Å². The molecule has 0 spiro atoms. The zero-order chi connectivity index (χ0) is 28.2. The van der Waals surface area contributed by atoms with E-state index in [1.54, 1.807) is 18.0 Å². The third-order valence-electron chi connectivity index (χ3n) is 7.18. The van der Waals surface area contributed by atoms with Gasteiger partial charge in [0.1, 0.15) is 12.4 Å². The number of hydrogen-bond donors (Lipinski definition) is 0. The summed E-state index contributed by atoms with van der Waals surface area (Å²) in [6, 6.07) is 11.8. The van der Waals surface area contributed by atoms with Gasteiger partial charge in [0.05, 0.1) is 18.7 Å². The van der Waals surface area contributed by atoms with Crippen LogP contribution >= 0.6 is 11.6 Å². The first-order chi connectivity index (χ1) is 18.9.